The molecule has 36 valence electrons. The van der Waals surface area contributed by atoms with Gasteiger partial charge in [-0.05, 0) is 6.92 Å². The van der Waals surface area contributed by atoms with Crippen LogP contribution in [0.4, 0.5) is 0 Å². The van der Waals surface area contributed by atoms with Crippen LogP contribution in [-0.4, -0.2) is 17.2 Å². The normalized spacial score (nSPS) is 11.7. The van der Waals surface area contributed by atoms with Gasteiger partial charge in [0.2, 0.25) is 0 Å². The summed E-state index contributed by atoms with van der Waals surface area (Å²) in [6.45, 7) is 1.13. The Hall–Kier alpha value is 0.170. The Bertz CT molecular complexity index is 61.2. The van der Waals surface area contributed by atoms with Crippen molar-refractivity contribution in [3.8, 4) is 0 Å². The number of aliphatic carboxylic acids is 1. The second kappa shape index (κ2) is 4.33. The molecule has 0 bridgehead atoms. The molecule has 3 nitrogen and oxygen atoms in total. The van der Waals surface area contributed by atoms with Gasteiger partial charge in [-0.3, -0.25) is 0 Å². The van der Waals surface area contributed by atoms with Gasteiger partial charge in [0.25, 0.3) is 0 Å². The van der Waals surface area contributed by atoms with Crippen LogP contribution in [0.5, 0.6) is 0 Å². The molecule has 1 N–H and O–H groups in total. The van der Waals surface area contributed by atoms with Crippen LogP contribution in [0, 0.1) is 0 Å². The Morgan fingerprint density at radius 3 is 2.00 bits per heavy atom. The zero-order valence-electron chi connectivity index (χ0n) is 3.79. The smallest absolute Gasteiger partial charge is 0.547 e. The van der Waals surface area contributed by atoms with E-state index in [9.17, 15) is 9.90 Å². The van der Waals surface area contributed by atoms with E-state index in [4.69, 9.17) is 5.11 Å². The molecule has 0 saturated heterocycles. The molecule has 1 atom stereocenters. The molecule has 0 aliphatic rings. The zero-order chi connectivity index (χ0) is 5.15. The number of hydrogen-bond donors (Lipinski definition) is 1. The van der Waals surface area contributed by atoms with Gasteiger partial charge in [-0.1, -0.05) is 0 Å². The molecule has 0 aromatic rings. The van der Waals surface area contributed by atoms with Crippen molar-refractivity contribution in [2.45, 2.75) is 13.0 Å². The molecule has 0 spiro atoms. The number of carbonyl (C=O) groups excluding carboxylic acids is 1. The molecule has 0 amide bonds. The van der Waals surface area contributed by atoms with Crippen molar-refractivity contribution < 1.29 is 37.4 Å². The third kappa shape index (κ3) is 6.17. The van der Waals surface area contributed by atoms with Crippen molar-refractivity contribution in [3.63, 3.8) is 0 Å². The molecule has 1 unspecified atom stereocenters. The molecule has 0 aliphatic heterocycles. The fourth-order valence-corrected chi connectivity index (χ4v) is 0. The SMILES string of the molecule is CC(O)C(=O)[O-].[Ta+5]. The number of carboxylic acid groups (broad SMARTS) is 1. The van der Waals surface area contributed by atoms with Gasteiger partial charge in [0.1, 0.15) is 0 Å². The molecular formula is C3H5O3Ta+4. The summed E-state index contributed by atoms with van der Waals surface area (Å²) in [6.07, 6.45) is -1.34. The van der Waals surface area contributed by atoms with Gasteiger partial charge in [0, 0.05) is 0 Å². The number of hydrogen-bond acceptors (Lipinski definition) is 3. The average molecular weight is 270 g/mol. The minimum Gasteiger partial charge on any atom is -0.547 e. The molecule has 0 fully saturated rings. The van der Waals surface area contributed by atoms with Crippen LogP contribution >= 0.6 is 0 Å². The Morgan fingerprint density at radius 2 is 2.00 bits per heavy atom. The first-order valence-corrected chi connectivity index (χ1v) is 1.53. The van der Waals surface area contributed by atoms with E-state index < -0.39 is 12.1 Å². The van der Waals surface area contributed by atoms with Crippen molar-refractivity contribution in [3.05, 3.63) is 0 Å². The third-order valence-corrected chi connectivity index (χ3v) is 0.341. The molecule has 0 radical (unpaired) electrons. The summed E-state index contributed by atoms with van der Waals surface area (Å²) < 4.78 is 0. The van der Waals surface area contributed by atoms with Crippen molar-refractivity contribution in [1.29, 1.82) is 0 Å². The fourth-order valence-electron chi connectivity index (χ4n) is 0. The maximum absolute atomic E-state index is 9.34. The molecule has 7 heavy (non-hydrogen) atoms. The summed E-state index contributed by atoms with van der Waals surface area (Å²) in [6, 6.07) is 0. The van der Waals surface area contributed by atoms with E-state index >= 15 is 0 Å². The molecule has 0 aromatic heterocycles. The van der Waals surface area contributed by atoms with Gasteiger partial charge in [-0.15, -0.1) is 0 Å². The second-order valence-electron chi connectivity index (χ2n) is 0.995. The molecule has 0 aliphatic carbocycles. The van der Waals surface area contributed by atoms with Crippen LogP contribution in [0.3, 0.4) is 0 Å². The quantitative estimate of drug-likeness (QED) is 0.606. The summed E-state index contributed by atoms with van der Waals surface area (Å²) in [4.78, 5) is 9.34. The Labute approximate surface area is 56.9 Å². The first-order valence-electron chi connectivity index (χ1n) is 1.53. The van der Waals surface area contributed by atoms with Gasteiger partial charge in [0.05, 0.1) is 12.1 Å². The van der Waals surface area contributed by atoms with Crippen LogP contribution in [0.25, 0.3) is 0 Å². The number of carbonyl (C=O) groups is 1. The largest absolute Gasteiger partial charge is 5.00 e. The van der Waals surface area contributed by atoms with Crippen LogP contribution in [-0.2, 0) is 27.2 Å². The predicted molar refractivity (Wildman–Crippen MR) is 16.7 cm³/mol. The topological polar surface area (TPSA) is 60.4 Å². The third-order valence-electron chi connectivity index (χ3n) is 0.341. The molecule has 0 aromatic carbocycles. The second-order valence-corrected chi connectivity index (χ2v) is 0.995. The van der Waals surface area contributed by atoms with Gasteiger partial charge in [-0.2, -0.15) is 0 Å². The number of aliphatic hydroxyl groups is 1. The summed E-state index contributed by atoms with van der Waals surface area (Å²) in [5.74, 6) is -1.44. The van der Waals surface area contributed by atoms with Gasteiger partial charge >= 0.3 is 22.4 Å². The van der Waals surface area contributed by atoms with Crippen molar-refractivity contribution in [1.82, 2.24) is 0 Å². The van der Waals surface area contributed by atoms with E-state index in [0.29, 0.717) is 0 Å². The van der Waals surface area contributed by atoms with Crippen LogP contribution in [0.1, 0.15) is 6.92 Å². The molecule has 0 heterocycles. The van der Waals surface area contributed by atoms with Gasteiger partial charge in [-0.25, -0.2) is 0 Å². The summed E-state index contributed by atoms with van der Waals surface area (Å²) >= 11 is 0. The fraction of sp³-hybridized carbons (Fsp3) is 0.667. The first kappa shape index (κ1) is 10.2. The molecule has 0 saturated carbocycles. The van der Waals surface area contributed by atoms with E-state index in [2.05, 4.69) is 0 Å². The predicted octanol–water partition coefficient (Wildman–Crippen LogP) is -1.89. The maximum Gasteiger partial charge on any atom is 5.00 e. The standard InChI is InChI=1S/C3H6O3.Ta/c1-2(4)3(5)6;/h2,4H,1H3,(H,5,6);/q;+5/p-1. The number of rotatable bonds is 1. The van der Waals surface area contributed by atoms with Crippen molar-refractivity contribution in [2.75, 3.05) is 0 Å². The Kier molecular flexibility index (Phi) is 6.32. The zero-order valence-corrected chi connectivity index (χ0v) is 7.00. The summed E-state index contributed by atoms with van der Waals surface area (Å²) in [5, 5.41) is 17.3. The minimum absolute atomic E-state index is 0. The molecular weight excluding hydrogens is 265 g/mol. The van der Waals surface area contributed by atoms with E-state index in [0.717, 1.165) is 6.92 Å². The number of aliphatic hydroxyl groups excluding tert-OH is 1. The first-order chi connectivity index (χ1) is 2.64. The van der Waals surface area contributed by atoms with Crippen LogP contribution in [0.15, 0.2) is 0 Å². The van der Waals surface area contributed by atoms with Crippen LogP contribution < -0.4 is 5.11 Å². The van der Waals surface area contributed by atoms with Crippen molar-refractivity contribution in [2.24, 2.45) is 0 Å². The molecule has 0 rings (SSSR count). The van der Waals surface area contributed by atoms with E-state index in [1.54, 1.807) is 0 Å². The summed E-state index contributed by atoms with van der Waals surface area (Å²) in [7, 11) is 0. The monoisotopic (exact) mass is 270 g/mol. The van der Waals surface area contributed by atoms with Crippen LogP contribution in [0.2, 0.25) is 0 Å². The Balaban J connectivity index is 0. The average Bonchev–Trinajstić information content (AvgIpc) is 1.36. The maximum atomic E-state index is 9.34. The van der Waals surface area contributed by atoms with E-state index in [1.807, 2.05) is 0 Å². The van der Waals surface area contributed by atoms with Gasteiger partial charge in [0.15, 0.2) is 0 Å². The van der Waals surface area contributed by atoms with E-state index in [-0.39, 0.29) is 22.4 Å². The van der Waals surface area contributed by atoms with E-state index in [1.165, 1.54) is 0 Å². The minimum atomic E-state index is -1.44. The summed E-state index contributed by atoms with van der Waals surface area (Å²) in [5.41, 5.74) is 0. The molecule has 4 heteroatoms. The van der Waals surface area contributed by atoms with Gasteiger partial charge < -0.3 is 15.0 Å². The Morgan fingerprint density at radius 1 is 1.86 bits per heavy atom. The number of carboxylic acids is 1. The van der Waals surface area contributed by atoms with Crippen molar-refractivity contribution >= 4 is 5.97 Å².